The highest BCUT2D eigenvalue weighted by atomic mass is 16.5. The average Bonchev–Trinajstić information content (AvgIpc) is 2.25. The quantitative estimate of drug-likeness (QED) is 0.426. The van der Waals surface area contributed by atoms with Gasteiger partial charge in [0, 0.05) is 0 Å². The Hall–Kier alpha value is -0.570. The van der Waals surface area contributed by atoms with Gasteiger partial charge in [-0.3, -0.25) is 4.79 Å². The van der Waals surface area contributed by atoms with Crippen molar-refractivity contribution in [2.45, 2.75) is 64.4 Å². The lowest BCUT2D eigenvalue weighted by Gasteiger charge is -2.08. The molecule has 0 aromatic carbocycles. The standard InChI is InChI=1S/C12H24O3/c1-2-3-4-5-6-7-8-9-12(14)10-15-11-13/h11-12,14H,2-10H2,1H3. The number of carbonyl (C=O) groups excluding carboxylic acids is 1. The van der Waals surface area contributed by atoms with Gasteiger partial charge in [-0.05, 0) is 6.42 Å². The summed E-state index contributed by atoms with van der Waals surface area (Å²) >= 11 is 0. The summed E-state index contributed by atoms with van der Waals surface area (Å²) in [6, 6.07) is 0. The van der Waals surface area contributed by atoms with Crippen molar-refractivity contribution >= 4 is 6.47 Å². The summed E-state index contributed by atoms with van der Waals surface area (Å²) in [6.45, 7) is 2.73. The molecule has 0 saturated heterocycles. The van der Waals surface area contributed by atoms with E-state index >= 15 is 0 Å². The van der Waals surface area contributed by atoms with Gasteiger partial charge in [-0.2, -0.15) is 0 Å². The molecule has 0 spiro atoms. The van der Waals surface area contributed by atoms with E-state index in [1.165, 1.54) is 38.5 Å². The maximum Gasteiger partial charge on any atom is 0.293 e. The van der Waals surface area contributed by atoms with Gasteiger partial charge in [0.25, 0.3) is 6.47 Å². The average molecular weight is 216 g/mol. The van der Waals surface area contributed by atoms with Gasteiger partial charge in [-0.15, -0.1) is 0 Å². The van der Waals surface area contributed by atoms with E-state index in [0.29, 0.717) is 6.47 Å². The van der Waals surface area contributed by atoms with Gasteiger partial charge in [0.2, 0.25) is 0 Å². The fourth-order valence-corrected chi connectivity index (χ4v) is 1.57. The van der Waals surface area contributed by atoms with E-state index in [0.717, 1.165) is 12.8 Å². The van der Waals surface area contributed by atoms with Crippen LogP contribution >= 0.6 is 0 Å². The number of rotatable bonds is 11. The summed E-state index contributed by atoms with van der Waals surface area (Å²) in [5.74, 6) is 0. The summed E-state index contributed by atoms with van der Waals surface area (Å²) in [5.41, 5.74) is 0. The molecule has 3 heteroatoms. The van der Waals surface area contributed by atoms with Crippen LogP contribution < -0.4 is 0 Å². The van der Waals surface area contributed by atoms with Crippen LogP contribution in [0.4, 0.5) is 0 Å². The van der Waals surface area contributed by atoms with Crippen LogP contribution in [-0.4, -0.2) is 24.3 Å². The SMILES string of the molecule is CCCCCCCCCC(O)COC=O. The van der Waals surface area contributed by atoms with Crippen LogP contribution in [0, 0.1) is 0 Å². The van der Waals surface area contributed by atoms with Crippen molar-refractivity contribution in [1.29, 1.82) is 0 Å². The largest absolute Gasteiger partial charge is 0.465 e. The normalized spacial score (nSPS) is 12.4. The lowest BCUT2D eigenvalue weighted by molar-refractivity contribution is -0.131. The molecule has 0 radical (unpaired) electrons. The van der Waals surface area contributed by atoms with Crippen LogP contribution in [0.25, 0.3) is 0 Å². The second-order valence-corrected chi connectivity index (χ2v) is 3.99. The van der Waals surface area contributed by atoms with Crippen LogP contribution in [-0.2, 0) is 9.53 Å². The second-order valence-electron chi connectivity index (χ2n) is 3.99. The van der Waals surface area contributed by atoms with Gasteiger partial charge in [0.1, 0.15) is 6.61 Å². The van der Waals surface area contributed by atoms with Crippen molar-refractivity contribution in [3.05, 3.63) is 0 Å². The first-order chi connectivity index (χ1) is 7.31. The van der Waals surface area contributed by atoms with E-state index in [1.807, 2.05) is 0 Å². The molecule has 15 heavy (non-hydrogen) atoms. The van der Waals surface area contributed by atoms with Crippen LogP contribution in [0.15, 0.2) is 0 Å². The van der Waals surface area contributed by atoms with Crippen LogP contribution in [0.3, 0.4) is 0 Å². The highest BCUT2D eigenvalue weighted by Gasteiger charge is 2.03. The minimum Gasteiger partial charge on any atom is -0.465 e. The van der Waals surface area contributed by atoms with Crippen LogP contribution in [0.2, 0.25) is 0 Å². The third kappa shape index (κ3) is 11.4. The number of ether oxygens (including phenoxy) is 1. The van der Waals surface area contributed by atoms with Crippen molar-refractivity contribution in [3.8, 4) is 0 Å². The molecule has 0 heterocycles. The molecule has 0 saturated carbocycles. The third-order valence-corrected chi connectivity index (χ3v) is 2.50. The monoisotopic (exact) mass is 216 g/mol. The van der Waals surface area contributed by atoms with Gasteiger partial charge in [-0.1, -0.05) is 51.9 Å². The molecule has 3 nitrogen and oxygen atoms in total. The summed E-state index contributed by atoms with van der Waals surface area (Å²) in [5, 5.41) is 9.34. The van der Waals surface area contributed by atoms with Crippen molar-refractivity contribution in [3.63, 3.8) is 0 Å². The van der Waals surface area contributed by atoms with Gasteiger partial charge >= 0.3 is 0 Å². The Labute approximate surface area is 92.8 Å². The smallest absolute Gasteiger partial charge is 0.293 e. The maximum absolute atomic E-state index is 9.85. The molecule has 0 bridgehead atoms. The number of hydrogen-bond acceptors (Lipinski definition) is 3. The number of carbonyl (C=O) groups is 1. The Kier molecular flexibility index (Phi) is 11.1. The lowest BCUT2D eigenvalue weighted by atomic mass is 10.1. The Bertz CT molecular complexity index is 137. The minimum atomic E-state index is -0.481. The summed E-state index contributed by atoms with van der Waals surface area (Å²) in [7, 11) is 0. The molecular formula is C12H24O3. The van der Waals surface area contributed by atoms with Crippen molar-refractivity contribution in [2.75, 3.05) is 6.61 Å². The van der Waals surface area contributed by atoms with Gasteiger partial charge in [0.05, 0.1) is 6.10 Å². The van der Waals surface area contributed by atoms with E-state index < -0.39 is 6.10 Å². The molecule has 0 aliphatic rings. The van der Waals surface area contributed by atoms with Gasteiger partial charge in [-0.25, -0.2) is 0 Å². The molecule has 0 rings (SSSR count). The fourth-order valence-electron chi connectivity index (χ4n) is 1.57. The van der Waals surface area contributed by atoms with Crippen molar-refractivity contribution < 1.29 is 14.6 Å². The maximum atomic E-state index is 9.85. The number of hydrogen-bond donors (Lipinski definition) is 1. The number of aliphatic hydroxyl groups excluding tert-OH is 1. The molecule has 1 unspecified atom stereocenters. The summed E-state index contributed by atoms with van der Waals surface area (Å²) < 4.78 is 4.47. The predicted octanol–water partition coefficient (Wildman–Crippen LogP) is 2.66. The zero-order valence-corrected chi connectivity index (χ0v) is 9.78. The first kappa shape index (κ1) is 14.4. The summed E-state index contributed by atoms with van der Waals surface area (Å²) in [4.78, 5) is 9.85. The zero-order chi connectivity index (χ0) is 11.4. The molecule has 1 atom stereocenters. The Morgan fingerprint density at radius 2 is 1.73 bits per heavy atom. The van der Waals surface area contributed by atoms with Gasteiger partial charge in [0.15, 0.2) is 0 Å². The molecule has 0 aromatic rings. The zero-order valence-electron chi connectivity index (χ0n) is 9.78. The van der Waals surface area contributed by atoms with E-state index in [1.54, 1.807) is 0 Å². The molecule has 0 aromatic heterocycles. The number of aliphatic hydroxyl groups is 1. The van der Waals surface area contributed by atoms with E-state index in [2.05, 4.69) is 11.7 Å². The fraction of sp³-hybridized carbons (Fsp3) is 0.917. The van der Waals surface area contributed by atoms with Crippen molar-refractivity contribution in [1.82, 2.24) is 0 Å². The molecule has 0 fully saturated rings. The molecule has 0 aliphatic heterocycles. The van der Waals surface area contributed by atoms with Crippen LogP contribution in [0.1, 0.15) is 58.3 Å². The molecule has 0 amide bonds. The first-order valence-electron chi connectivity index (χ1n) is 6.04. The summed E-state index contributed by atoms with van der Waals surface area (Å²) in [6.07, 6.45) is 8.94. The first-order valence-corrected chi connectivity index (χ1v) is 6.04. The Morgan fingerprint density at radius 3 is 2.33 bits per heavy atom. The third-order valence-electron chi connectivity index (χ3n) is 2.50. The highest BCUT2D eigenvalue weighted by molar-refractivity contribution is 5.36. The minimum absolute atomic E-state index is 0.138. The van der Waals surface area contributed by atoms with Crippen LogP contribution in [0.5, 0.6) is 0 Å². The number of unbranched alkanes of at least 4 members (excludes halogenated alkanes) is 6. The topological polar surface area (TPSA) is 46.5 Å². The Morgan fingerprint density at radius 1 is 1.13 bits per heavy atom. The molecular weight excluding hydrogens is 192 g/mol. The lowest BCUT2D eigenvalue weighted by Crippen LogP contribution is -2.14. The van der Waals surface area contributed by atoms with E-state index in [9.17, 15) is 9.90 Å². The molecule has 90 valence electrons. The molecule has 0 aliphatic carbocycles. The second kappa shape index (κ2) is 11.5. The Balaban J connectivity index is 3.05. The highest BCUT2D eigenvalue weighted by Crippen LogP contribution is 2.09. The van der Waals surface area contributed by atoms with E-state index in [-0.39, 0.29) is 6.61 Å². The van der Waals surface area contributed by atoms with Crippen molar-refractivity contribution in [2.24, 2.45) is 0 Å². The van der Waals surface area contributed by atoms with Gasteiger partial charge < -0.3 is 9.84 Å². The van der Waals surface area contributed by atoms with E-state index in [4.69, 9.17) is 0 Å². The predicted molar refractivity (Wildman–Crippen MR) is 60.6 cm³/mol. The molecule has 1 N–H and O–H groups in total.